The summed E-state index contributed by atoms with van der Waals surface area (Å²) >= 11 is 1.80. The smallest absolute Gasteiger partial charge is 0.0607 e. The fourth-order valence-electron chi connectivity index (χ4n) is 1.82. The summed E-state index contributed by atoms with van der Waals surface area (Å²) in [7, 11) is 0. The van der Waals surface area contributed by atoms with Crippen LogP contribution in [0.15, 0.2) is 29.6 Å². The number of nitrogens with one attached hydrogen (secondary N) is 1. The van der Waals surface area contributed by atoms with Crippen molar-refractivity contribution in [3.05, 3.63) is 35.2 Å². The van der Waals surface area contributed by atoms with Gasteiger partial charge in [-0.1, -0.05) is 18.2 Å². The first-order chi connectivity index (χ1) is 8.12. The predicted molar refractivity (Wildman–Crippen MR) is 74.7 cm³/mol. The van der Waals surface area contributed by atoms with E-state index in [-0.39, 0.29) is 12.1 Å². The van der Waals surface area contributed by atoms with Gasteiger partial charge in [0.2, 0.25) is 0 Å². The summed E-state index contributed by atoms with van der Waals surface area (Å²) in [6.45, 7) is 5.09. The molecule has 0 bridgehead atoms. The zero-order valence-corrected chi connectivity index (χ0v) is 11.2. The molecule has 2 aromatic rings. The van der Waals surface area contributed by atoms with Crippen molar-refractivity contribution in [2.75, 3.05) is 13.2 Å². The number of thiophene rings is 1. The van der Waals surface area contributed by atoms with Crippen molar-refractivity contribution < 1.29 is 5.11 Å². The lowest BCUT2D eigenvalue weighted by atomic mass is 10.1. The molecule has 0 spiro atoms. The van der Waals surface area contributed by atoms with Crippen molar-refractivity contribution >= 4 is 21.4 Å². The van der Waals surface area contributed by atoms with Crippen molar-refractivity contribution in [1.29, 1.82) is 0 Å². The average molecular weight is 249 g/mol. The largest absolute Gasteiger partial charge is 0.394 e. The van der Waals surface area contributed by atoms with Crippen molar-refractivity contribution in [2.45, 2.75) is 25.8 Å². The molecule has 0 saturated heterocycles. The van der Waals surface area contributed by atoms with Gasteiger partial charge < -0.3 is 10.4 Å². The van der Waals surface area contributed by atoms with Gasteiger partial charge in [0, 0.05) is 10.2 Å². The normalized spacial score (nSPS) is 12.2. The second-order valence-electron chi connectivity index (χ2n) is 4.98. The second-order valence-corrected chi connectivity index (χ2v) is 5.89. The minimum absolute atomic E-state index is 0.164. The first-order valence-corrected chi connectivity index (χ1v) is 6.81. The quantitative estimate of drug-likeness (QED) is 0.854. The summed E-state index contributed by atoms with van der Waals surface area (Å²) < 4.78 is 1.35. The molecule has 17 heavy (non-hydrogen) atoms. The Balaban J connectivity index is 2.00. The van der Waals surface area contributed by atoms with E-state index in [1.807, 2.05) is 13.8 Å². The lowest BCUT2D eigenvalue weighted by Crippen LogP contribution is -2.43. The molecule has 1 aromatic heterocycles. The van der Waals surface area contributed by atoms with Crippen LogP contribution in [0.1, 0.15) is 19.4 Å². The van der Waals surface area contributed by atoms with Gasteiger partial charge in [-0.25, -0.2) is 0 Å². The molecular formula is C14H19NOS. The molecule has 2 N–H and O–H groups in total. The Morgan fingerprint density at radius 2 is 2.06 bits per heavy atom. The molecule has 1 aromatic carbocycles. The number of rotatable bonds is 5. The fourth-order valence-corrected chi connectivity index (χ4v) is 2.82. The van der Waals surface area contributed by atoms with Gasteiger partial charge in [-0.3, -0.25) is 0 Å². The highest BCUT2D eigenvalue weighted by Gasteiger charge is 2.14. The van der Waals surface area contributed by atoms with Crippen LogP contribution in [0, 0.1) is 0 Å². The van der Waals surface area contributed by atoms with Gasteiger partial charge >= 0.3 is 0 Å². The van der Waals surface area contributed by atoms with E-state index in [1.165, 1.54) is 15.6 Å². The van der Waals surface area contributed by atoms with Gasteiger partial charge in [0.1, 0.15) is 0 Å². The Morgan fingerprint density at radius 1 is 1.29 bits per heavy atom. The van der Waals surface area contributed by atoms with E-state index in [0.29, 0.717) is 0 Å². The van der Waals surface area contributed by atoms with E-state index >= 15 is 0 Å². The van der Waals surface area contributed by atoms with Crippen molar-refractivity contribution in [3.63, 3.8) is 0 Å². The van der Waals surface area contributed by atoms with E-state index in [9.17, 15) is 0 Å². The molecule has 0 aliphatic carbocycles. The number of benzene rings is 1. The van der Waals surface area contributed by atoms with Gasteiger partial charge in [-0.15, -0.1) is 11.3 Å². The Labute approximate surface area is 106 Å². The SMILES string of the molecule is CC(C)(CO)NCCc1csc2ccccc12. The molecule has 0 fully saturated rings. The maximum absolute atomic E-state index is 9.16. The minimum atomic E-state index is -0.189. The third kappa shape index (κ3) is 3.06. The maximum Gasteiger partial charge on any atom is 0.0607 e. The molecule has 2 nitrogen and oxygen atoms in total. The zero-order chi connectivity index (χ0) is 12.3. The third-order valence-corrected chi connectivity index (χ3v) is 3.97. The Bertz CT molecular complexity index is 490. The molecule has 2 rings (SSSR count). The van der Waals surface area contributed by atoms with E-state index in [0.717, 1.165) is 13.0 Å². The summed E-state index contributed by atoms with van der Waals surface area (Å²) in [5, 5.41) is 16.1. The van der Waals surface area contributed by atoms with Crippen LogP contribution in [0.25, 0.3) is 10.1 Å². The summed E-state index contributed by atoms with van der Waals surface area (Å²) in [4.78, 5) is 0. The highest BCUT2D eigenvalue weighted by molar-refractivity contribution is 7.17. The van der Waals surface area contributed by atoms with Crippen LogP contribution in [-0.4, -0.2) is 23.8 Å². The van der Waals surface area contributed by atoms with Crippen molar-refractivity contribution in [3.8, 4) is 0 Å². The summed E-state index contributed by atoms with van der Waals surface area (Å²) in [5.74, 6) is 0. The molecule has 0 aliphatic rings. The zero-order valence-electron chi connectivity index (χ0n) is 10.4. The second kappa shape index (κ2) is 5.17. The third-order valence-electron chi connectivity index (χ3n) is 2.95. The molecule has 0 saturated carbocycles. The highest BCUT2D eigenvalue weighted by atomic mass is 32.1. The van der Waals surface area contributed by atoms with Crippen LogP contribution >= 0.6 is 11.3 Å². The van der Waals surface area contributed by atoms with Crippen LogP contribution < -0.4 is 5.32 Å². The van der Waals surface area contributed by atoms with Gasteiger partial charge in [0.05, 0.1) is 6.61 Å². The molecule has 3 heteroatoms. The van der Waals surface area contributed by atoms with Crippen LogP contribution in [-0.2, 0) is 6.42 Å². The Morgan fingerprint density at radius 3 is 2.82 bits per heavy atom. The fraction of sp³-hybridized carbons (Fsp3) is 0.429. The minimum Gasteiger partial charge on any atom is -0.394 e. The molecule has 0 radical (unpaired) electrons. The lowest BCUT2D eigenvalue weighted by Gasteiger charge is -2.23. The number of aliphatic hydroxyl groups excluding tert-OH is 1. The van der Waals surface area contributed by atoms with Crippen molar-refractivity contribution in [2.24, 2.45) is 0 Å². The molecule has 0 unspecified atom stereocenters. The molecule has 92 valence electrons. The first-order valence-electron chi connectivity index (χ1n) is 5.93. The van der Waals surface area contributed by atoms with Gasteiger partial charge in [0.25, 0.3) is 0 Å². The van der Waals surface area contributed by atoms with Crippen molar-refractivity contribution in [1.82, 2.24) is 5.32 Å². The molecule has 1 heterocycles. The van der Waals surface area contributed by atoms with Gasteiger partial charge in [-0.2, -0.15) is 0 Å². The number of fused-ring (bicyclic) bond motifs is 1. The van der Waals surface area contributed by atoms with E-state index in [2.05, 4.69) is 35.0 Å². The predicted octanol–water partition coefficient (Wildman–Crippen LogP) is 2.80. The Hall–Kier alpha value is -0.900. The van der Waals surface area contributed by atoms with E-state index < -0.39 is 0 Å². The summed E-state index contributed by atoms with van der Waals surface area (Å²) in [6, 6.07) is 8.51. The highest BCUT2D eigenvalue weighted by Crippen LogP contribution is 2.25. The van der Waals surface area contributed by atoms with Gasteiger partial charge in [0.15, 0.2) is 0 Å². The van der Waals surface area contributed by atoms with E-state index in [4.69, 9.17) is 5.11 Å². The van der Waals surface area contributed by atoms with Crippen LogP contribution in [0.3, 0.4) is 0 Å². The van der Waals surface area contributed by atoms with Crippen LogP contribution in [0.4, 0.5) is 0 Å². The van der Waals surface area contributed by atoms with E-state index in [1.54, 1.807) is 11.3 Å². The maximum atomic E-state index is 9.16. The standard InChI is InChI=1S/C14H19NOS/c1-14(2,10-16)15-8-7-11-9-17-13-6-4-3-5-12(11)13/h3-6,9,15-16H,7-8,10H2,1-2H3. The topological polar surface area (TPSA) is 32.3 Å². The summed E-state index contributed by atoms with van der Waals surface area (Å²) in [6.07, 6.45) is 1.01. The number of aliphatic hydroxyl groups is 1. The molecule has 0 atom stereocenters. The Kier molecular flexibility index (Phi) is 3.82. The molecular weight excluding hydrogens is 230 g/mol. The monoisotopic (exact) mass is 249 g/mol. The molecule has 0 aliphatic heterocycles. The number of hydrogen-bond donors (Lipinski definition) is 2. The van der Waals surface area contributed by atoms with Crippen LogP contribution in [0.2, 0.25) is 0 Å². The summed E-state index contributed by atoms with van der Waals surface area (Å²) in [5.41, 5.74) is 1.21. The van der Waals surface area contributed by atoms with Crippen LogP contribution in [0.5, 0.6) is 0 Å². The van der Waals surface area contributed by atoms with Gasteiger partial charge in [-0.05, 0) is 49.2 Å². The average Bonchev–Trinajstić information content (AvgIpc) is 2.73. The first kappa shape index (κ1) is 12.6. The number of hydrogen-bond acceptors (Lipinski definition) is 3. The molecule has 0 amide bonds. The lowest BCUT2D eigenvalue weighted by molar-refractivity contribution is 0.189.